The second-order valence-corrected chi connectivity index (χ2v) is 12.1. The van der Waals surface area contributed by atoms with Gasteiger partial charge in [0, 0.05) is 26.2 Å². The minimum Gasteiger partial charge on any atom is -0.471 e. The summed E-state index contributed by atoms with van der Waals surface area (Å²) in [6, 6.07) is 8.15. The van der Waals surface area contributed by atoms with Crippen molar-refractivity contribution in [2.75, 3.05) is 38.6 Å². The number of halogens is 3. The number of piperazine rings is 1. The number of ether oxygens (including phenoxy) is 3. The van der Waals surface area contributed by atoms with Crippen LogP contribution >= 0.6 is 0 Å². The lowest BCUT2D eigenvalue weighted by Gasteiger charge is -2.36. The van der Waals surface area contributed by atoms with E-state index < -0.39 is 41.0 Å². The number of anilines is 1. The first-order chi connectivity index (χ1) is 20.2. The third-order valence-corrected chi connectivity index (χ3v) is 5.94. The Bertz CT molecular complexity index is 1340. The fourth-order valence-electron chi connectivity index (χ4n) is 4.13. The van der Waals surface area contributed by atoms with Gasteiger partial charge < -0.3 is 24.0 Å². The first-order valence-electron chi connectivity index (χ1n) is 13.8. The Morgan fingerprint density at radius 2 is 1.36 bits per heavy atom. The third kappa shape index (κ3) is 11.1. The van der Waals surface area contributed by atoms with E-state index in [2.05, 4.69) is 10.1 Å². The number of hydrogen-bond acceptors (Lipinski definition) is 7. The number of aryl methyl sites for hydroxylation is 1. The molecule has 0 unspecified atom stereocenters. The van der Waals surface area contributed by atoms with E-state index in [1.165, 1.54) is 29.0 Å². The molecule has 0 aliphatic carbocycles. The molecule has 0 atom stereocenters. The molecule has 1 aliphatic rings. The van der Waals surface area contributed by atoms with Gasteiger partial charge >= 0.3 is 18.4 Å². The van der Waals surface area contributed by atoms with Gasteiger partial charge in [-0.15, -0.1) is 0 Å². The molecule has 242 valence electrons. The van der Waals surface area contributed by atoms with Gasteiger partial charge in [-0.25, -0.2) is 9.59 Å². The normalized spacial score (nSPS) is 13.7. The maximum absolute atomic E-state index is 13.7. The van der Waals surface area contributed by atoms with Crippen molar-refractivity contribution in [2.45, 2.75) is 65.8 Å². The van der Waals surface area contributed by atoms with Gasteiger partial charge in [0.1, 0.15) is 11.2 Å². The first-order valence-corrected chi connectivity index (χ1v) is 13.8. The molecule has 0 bridgehead atoms. The average Bonchev–Trinajstić information content (AvgIpc) is 2.90. The van der Waals surface area contributed by atoms with Crippen LogP contribution in [0.5, 0.6) is 0 Å². The van der Waals surface area contributed by atoms with Gasteiger partial charge in [-0.2, -0.15) is 13.2 Å². The van der Waals surface area contributed by atoms with Crippen molar-refractivity contribution >= 4 is 30.3 Å². The number of rotatable bonds is 4. The predicted molar refractivity (Wildman–Crippen MR) is 158 cm³/mol. The fourth-order valence-corrected chi connectivity index (χ4v) is 4.13. The van der Waals surface area contributed by atoms with Crippen LogP contribution in [0.2, 0.25) is 0 Å². The number of benzene rings is 2. The fraction of sp³-hybridized carbons (Fsp3) is 0.484. The van der Waals surface area contributed by atoms with E-state index >= 15 is 0 Å². The summed E-state index contributed by atoms with van der Waals surface area (Å²) >= 11 is 0. The van der Waals surface area contributed by atoms with Crippen molar-refractivity contribution in [1.29, 1.82) is 0 Å². The monoisotopic (exact) mass is 623 g/mol. The van der Waals surface area contributed by atoms with Crippen molar-refractivity contribution < 1.29 is 46.6 Å². The molecule has 0 aromatic heterocycles. The van der Waals surface area contributed by atoms with E-state index in [4.69, 9.17) is 14.3 Å². The largest absolute Gasteiger partial charge is 0.471 e. The highest BCUT2D eigenvalue weighted by molar-refractivity contribution is 6.04. The Labute approximate surface area is 255 Å². The lowest BCUT2D eigenvalue weighted by molar-refractivity contribution is -0.137. The van der Waals surface area contributed by atoms with Crippen molar-refractivity contribution in [1.82, 2.24) is 9.80 Å². The van der Waals surface area contributed by atoms with Crippen LogP contribution in [0.4, 0.5) is 28.4 Å². The Balaban J connectivity index is 0.00000159. The lowest BCUT2D eigenvalue weighted by atomic mass is 9.97. The molecule has 44 heavy (non-hydrogen) atoms. The van der Waals surface area contributed by atoms with Gasteiger partial charge in [0.15, 0.2) is 0 Å². The maximum Gasteiger partial charge on any atom is 0.416 e. The molecule has 0 spiro atoms. The van der Waals surface area contributed by atoms with Crippen molar-refractivity contribution in [3.05, 3.63) is 53.1 Å². The van der Waals surface area contributed by atoms with Crippen LogP contribution in [0, 0.1) is 6.92 Å². The molecule has 3 amide bonds. The summed E-state index contributed by atoms with van der Waals surface area (Å²) in [4.78, 5) is 50.6. The van der Waals surface area contributed by atoms with Gasteiger partial charge in [-0.05, 0) is 89.4 Å². The molecule has 10 nitrogen and oxygen atoms in total. The van der Waals surface area contributed by atoms with E-state index in [-0.39, 0.29) is 43.0 Å². The SMILES string of the molecule is COC=O.Cc1cc(-c2ccc(NC(=O)OC(C)(C)C)c(C(=O)N3CCN(C(=O)OC(C)(C)C)CC3)c2)cc(C(F)(F)F)c1. The topological polar surface area (TPSA) is 114 Å². The predicted octanol–water partition coefficient (Wildman–Crippen LogP) is 6.51. The Morgan fingerprint density at radius 3 is 1.86 bits per heavy atom. The first kappa shape index (κ1) is 35.9. The van der Waals surface area contributed by atoms with Gasteiger partial charge in [0.2, 0.25) is 0 Å². The van der Waals surface area contributed by atoms with Crippen molar-refractivity contribution in [2.24, 2.45) is 0 Å². The summed E-state index contributed by atoms with van der Waals surface area (Å²) in [6.07, 6.45) is -5.79. The van der Waals surface area contributed by atoms with Crippen LogP contribution < -0.4 is 5.32 Å². The summed E-state index contributed by atoms with van der Waals surface area (Å²) < 4.78 is 55.0. The third-order valence-electron chi connectivity index (χ3n) is 5.94. The van der Waals surface area contributed by atoms with Crippen LogP contribution in [-0.2, 0) is 25.2 Å². The van der Waals surface area contributed by atoms with Gasteiger partial charge in [0.05, 0.1) is 23.9 Å². The molecule has 1 fully saturated rings. The summed E-state index contributed by atoms with van der Waals surface area (Å²) in [7, 11) is 1.31. The number of nitrogens with zero attached hydrogens (tertiary/aromatic N) is 2. The highest BCUT2D eigenvalue weighted by Crippen LogP contribution is 2.35. The van der Waals surface area contributed by atoms with Crippen molar-refractivity contribution in [3.8, 4) is 11.1 Å². The number of carbonyl (C=O) groups excluding carboxylic acids is 4. The number of alkyl halides is 3. The zero-order chi connectivity index (χ0) is 33.5. The second-order valence-electron chi connectivity index (χ2n) is 12.1. The average molecular weight is 624 g/mol. The lowest BCUT2D eigenvalue weighted by Crippen LogP contribution is -2.51. The van der Waals surface area contributed by atoms with E-state index in [0.29, 0.717) is 17.6 Å². The second kappa shape index (κ2) is 14.5. The zero-order valence-electron chi connectivity index (χ0n) is 26.3. The number of amides is 3. The van der Waals surface area contributed by atoms with Crippen LogP contribution in [-0.4, -0.2) is 78.9 Å². The minimum atomic E-state index is -4.54. The van der Waals surface area contributed by atoms with Gasteiger partial charge in [-0.1, -0.05) is 12.1 Å². The number of methoxy groups -OCH3 is 1. The van der Waals surface area contributed by atoms with Gasteiger partial charge in [-0.3, -0.25) is 14.9 Å². The smallest absolute Gasteiger partial charge is 0.416 e. The van der Waals surface area contributed by atoms with Crippen LogP contribution in [0.15, 0.2) is 36.4 Å². The molecule has 1 aliphatic heterocycles. The zero-order valence-corrected chi connectivity index (χ0v) is 26.3. The highest BCUT2D eigenvalue weighted by Gasteiger charge is 2.32. The van der Waals surface area contributed by atoms with Crippen LogP contribution in [0.1, 0.15) is 63.0 Å². The Kier molecular flexibility index (Phi) is 11.8. The summed E-state index contributed by atoms with van der Waals surface area (Å²) in [6.45, 7) is 13.2. The standard InChI is InChI=1S/C29H36F3N3O5.C2H4O2/c1-18-14-20(16-21(15-18)29(30,31)32)19-8-9-23(33-25(37)39-27(2,3)4)22(17-19)24(36)34-10-12-35(13-11-34)26(38)40-28(5,6)7;1-4-2-3/h8-9,14-17H,10-13H2,1-7H3,(H,33,37);2H,1H3. The molecule has 1 N–H and O–H groups in total. The molecule has 0 radical (unpaired) electrons. The molecule has 3 rings (SSSR count). The maximum atomic E-state index is 13.7. The molecular formula is C31H40F3N3O7. The number of hydrogen-bond donors (Lipinski definition) is 1. The quantitative estimate of drug-likeness (QED) is 0.305. The Hall–Kier alpha value is -4.29. The van der Waals surface area contributed by atoms with Crippen LogP contribution in [0.25, 0.3) is 11.1 Å². The molecular weight excluding hydrogens is 583 g/mol. The van der Waals surface area contributed by atoms with E-state index in [1.807, 2.05) is 0 Å². The Morgan fingerprint density at radius 1 is 0.818 bits per heavy atom. The minimum absolute atomic E-state index is 0.0872. The molecule has 0 saturated carbocycles. The number of nitrogens with one attached hydrogen (secondary N) is 1. The molecule has 1 heterocycles. The summed E-state index contributed by atoms with van der Waals surface area (Å²) in [5, 5.41) is 2.59. The van der Waals surface area contributed by atoms with Gasteiger partial charge in [0.25, 0.3) is 12.4 Å². The van der Waals surface area contributed by atoms with Crippen molar-refractivity contribution in [3.63, 3.8) is 0 Å². The van der Waals surface area contributed by atoms with E-state index in [1.54, 1.807) is 60.6 Å². The number of carbonyl (C=O) groups is 4. The molecule has 2 aromatic rings. The molecule has 2 aromatic carbocycles. The molecule has 13 heteroatoms. The molecule has 1 saturated heterocycles. The van der Waals surface area contributed by atoms with E-state index in [9.17, 15) is 27.6 Å². The highest BCUT2D eigenvalue weighted by atomic mass is 19.4. The summed E-state index contributed by atoms with van der Waals surface area (Å²) in [5.41, 5.74) is -0.947. The van der Waals surface area contributed by atoms with E-state index in [0.717, 1.165) is 12.1 Å². The summed E-state index contributed by atoms with van der Waals surface area (Å²) in [5.74, 6) is -0.444. The van der Waals surface area contributed by atoms with Crippen LogP contribution in [0.3, 0.4) is 0 Å².